The summed E-state index contributed by atoms with van der Waals surface area (Å²) in [5.41, 5.74) is 0. The van der Waals surface area contributed by atoms with Crippen molar-refractivity contribution in [3.05, 3.63) is 12.2 Å². The Bertz CT molecular complexity index is 407. The number of aliphatic imine (C=N–C) groups is 1. The van der Waals surface area contributed by atoms with Crippen LogP contribution in [0.2, 0.25) is 0 Å². The van der Waals surface area contributed by atoms with E-state index in [2.05, 4.69) is 22.0 Å². The van der Waals surface area contributed by atoms with E-state index in [4.69, 9.17) is 9.73 Å². The molecule has 0 saturated carbocycles. The molecule has 0 aromatic rings. The molecule has 0 aromatic heterocycles. The lowest BCUT2D eigenvalue weighted by Crippen LogP contribution is -2.40. The molecule has 1 unspecified atom stereocenters. The summed E-state index contributed by atoms with van der Waals surface area (Å²) in [6.07, 6.45) is 11.0. The average Bonchev–Trinajstić information content (AvgIpc) is 2.63. The van der Waals surface area contributed by atoms with Gasteiger partial charge in [0.2, 0.25) is 0 Å². The van der Waals surface area contributed by atoms with Gasteiger partial charge in [-0.15, -0.1) is 0 Å². The molecule has 1 fully saturated rings. The normalized spacial score (nSPS) is 26.1. The zero-order valence-corrected chi connectivity index (χ0v) is 15.1. The Kier molecular flexibility index (Phi) is 7.30. The molecule has 2 aliphatic heterocycles. The molecule has 0 bridgehead atoms. The Balaban J connectivity index is 1.49. The Morgan fingerprint density at radius 3 is 2.96 bits per heavy atom. The summed E-state index contributed by atoms with van der Waals surface area (Å²) in [4.78, 5) is 9.95. The first-order valence-corrected chi connectivity index (χ1v) is 10.3. The van der Waals surface area contributed by atoms with Crippen molar-refractivity contribution in [3.63, 3.8) is 0 Å². The maximum Gasteiger partial charge on any atom is 0.159 e. The first-order valence-electron chi connectivity index (χ1n) is 9.29. The van der Waals surface area contributed by atoms with E-state index < -0.39 is 0 Å². The average molecular weight is 338 g/mol. The van der Waals surface area contributed by atoms with Gasteiger partial charge in [-0.1, -0.05) is 23.9 Å². The molecule has 4 nitrogen and oxygen atoms in total. The standard InChI is InChI=1S/C18H31N3OS/c1-2-6-17(7-3-1)16-21(18-19-8-4-15-23-18)10-5-9-20-11-13-22-14-12-20/h1-2,17H,3-16H2. The molecule has 1 aliphatic carbocycles. The minimum atomic E-state index is 0.814. The molecule has 0 N–H and O–H groups in total. The van der Waals surface area contributed by atoms with Gasteiger partial charge in [-0.3, -0.25) is 9.89 Å². The summed E-state index contributed by atoms with van der Waals surface area (Å²) < 4.78 is 5.44. The largest absolute Gasteiger partial charge is 0.379 e. The van der Waals surface area contributed by atoms with Crippen LogP contribution in [-0.4, -0.2) is 73.2 Å². The fraction of sp³-hybridized carbons (Fsp3) is 0.833. The van der Waals surface area contributed by atoms with E-state index in [1.165, 1.54) is 56.1 Å². The van der Waals surface area contributed by atoms with Crippen LogP contribution in [0.5, 0.6) is 0 Å². The van der Waals surface area contributed by atoms with E-state index in [1.54, 1.807) is 0 Å². The number of ether oxygens (including phenoxy) is 1. The third kappa shape index (κ3) is 5.80. The molecule has 23 heavy (non-hydrogen) atoms. The predicted molar refractivity (Wildman–Crippen MR) is 99.3 cm³/mol. The van der Waals surface area contributed by atoms with Crippen LogP contribution in [0.3, 0.4) is 0 Å². The van der Waals surface area contributed by atoms with Gasteiger partial charge in [0.25, 0.3) is 0 Å². The second-order valence-corrected chi connectivity index (χ2v) is 7.83. The highest BCUT2D eigenvalue weighted by Gasteiger charge is 2.20. The molecule has 0 spiro atoms. The Hall–Kier alpha value is -0.520. The lowest BCUT2D eigenvalue weighted by atomic mass is 9.94. The summed E-state index contributed by atoms with van der Waals surface area (Å²) in [5, 5.41) is 1.31. The van der Waals surface area contributed by atoms with E-state index in [1.807, 2.05) is 11.8 Å². The number of morpholine rings is 1. The van der Waals surface area contributed by atoms with Gasteiger partial charge >= 0.3 is 0 Å². The number of hydrogen-bond acceptors (Lipinski definition) is 5. The lowest BCUT2D eigenvalue weighted by molar-refractivity contribution is 0.0367. The van der Waals surface area contributed by atoms with E-state index in [9.17, 15) is 0 Å². The van der Waals surface area contributed by atoms with Crippen molar-refractivity contribution in [2.75, 3.05) is 58.2 Å². The Morgan fingerprint density at radius 2 is 2.22 bits per heavy atom. The van der Waals surface area contributed by atoms with Crippen LogP contribution in [0.4, 0.5) is 0 Å². The fourth-order valence-corrected chi connectivity index (χ4v) is 4.54. The molecule has 0 amide bonds. The number of nitrogens with zero attached hydrogens (tertiary/aromatic N) is 3. The molecule has 1 atom stereocenters. The molecule has 1 saturated heterocycles. The summed E-state index contributed by atoms with van der Waals surface area (Å²) in [7, 11) is 0. The highest BCUT2D eigenvalue weighted by molar-refractivity contribution is 8.13. The molecular formula is C18H31N3OS. The zero-order chi connectivity index (χ0) is 15.7. The van der Waals surface area contributed by atoms with Gasteiger partial charge in [0.05, 0.1) is 13.2 Å². The highest BCUT2D eigenvalue weighted by atomic mass is 32.2. The van der Waals surface area contributed by atoms with Crippen molar-refractivity contribution in [2.24, 2.45) is 10.9 Å². The number of amidine groups is 1. The van der Waals surface area contributed by atoms with Crippen molar-refractivity contribution >= 4 is 16.9 Å². The summed E-state index contributed by atoms with van der Waals surface area (Å²) in [6, 6.07) is 0. The molecule has 3 rings (SSSR count). The van der Waals surface area contributed by atoms with E-state index in [0.29, 0.717) is 0 Å². The quantitative estimate of drug-likeness (QED) is 0.697. The SMILES string of the molecule is C1=CCC(CN(CCCN2CCOCC2)C2=NCCCS2)CC1. The molecule has 3 aliphatic rings. The Morgan fingerprint density at radius 1 is 1.30 bits per heavy atom. The van der Waals surface area contributed by atoms with Crippen molar-refractivity contribution in [1.82, 2.24) is 9.80 Å². The lowest BCUT2D eigenvalue weighted by Gasteiger charge is -2.33. The number of allylic oxidation sites excluding steroid dienone is 2. The number of thioether (sulfide) groups is 1. The van der Waals surface area contributed by atoms with E-state index in [-0.39, 0.29) is 0 Å². The zero-order valence-electron chi connectivity index (χ0n) is 14.3. The molecule has 5 heteroatoms. The highest BCUT2D eigenvalue weighted by Crippen LogP contribution is 2.23. The number of rotatable bonds is 6. The van der Waals surface area contributed by atoms with Crippen molar-refractivity contribution in [2.45, 2.75) is 32.1 Å². The maximum absolute atomic E-state index is 5.44. The first kappa shape index (κ1) is 17.3. The van der Waals surface area contributed by atoms with E-state index in [0.717, 1.165) is 45.3 Å². The molecule has 0 aromatic carbocycles. The van der Waals surface area contributed by atoms with Crippen LogP contribution in [0.1, 0.15) is 32.1 Å². The van der Waals surface area contributed by atoms with Crippen LogP contribution < -0.4 is 0 Å². The second-order valence-electron chi connectivity index (χ2n) is 6.77. The van der Waals surface area contributed by atoms with Crippen molar-refractivity contribution in [3.8, 4) is 0 Å². The van der Waals surface area contributed by atoms with Gasteiger partial charge < -0.3 is 9.64 Å². The number of hydrogen-bond donors (Lipinski definition) is 0. The minimum absolute atomic E-state index is 0.814. The van der Waals surface area contributed by atoms with Crippen LogP contribution >= 0.6 is 11.8 Å². The van der Waals surface area contributed by atoms with E-state index >= 15 is 0 Å². The van der Waals surface area contributed by atoms with Crippen LogP contribution in [0.25, 0.3) is 0 Å². The van der Waals surface area contributed by atoms with Crippen LogP contribution in [0, 0.1) is 5.92 Å². The van der Waals surface area contributed by atoms with Crippen molar-refractivity contribution in [1.29, 1.82) is 0 Å². The molecule has 2 heterocycles. The molecule has 0 radical (unpaired) electrons. The van der Waals surface area contributed by atoms with Gasteiger partial charge in [-0.25, -0.2) is 0 Å². The summed E-state index contributed by atoms with van der Waals surface area (Å²) in [6.45, 7) is 8.57. The Labute approximate surface area is 145 Å². The summed E-state index contributed by atoms with van der Waals surface area (Å²) >= 11 is 1.97. The third-order valence-corrected chi connectivity index (χ3v) is 6.05. The smallest absolute Gasteiger partial charge is 0.159 e. The van der Waals surface area contributed by atoms with Gasteiger partial charge in [0.15, 0.2) is 5.17 Å². The molecule has 130 valence electrons. The van der Waals surface area contributed by atoms with Gasteiger partial charge in [-0.2, -0.15) is 0 Å². The maximum atomic E-state index is 5.44. The predicted octanol–water partition coefficient (Wildman–Crippen LogP) is 2.86. The van der Waals surface area contributed by atoms with Crippen LogP contribution in [-0.2, 0) is 4.74 Å². The first-order chi connectivity index (χ1) is 11.4. The monoisotopic (exact) mass is 337 g/mol. The van der Waals surface area contributed by atoms with Crippen molar-refractivity contribution < 1.29 is 4.74 Å². The third-order valence-electron chi connectivity index (χ3n) is 4.91. The van der Waals surface area contributed by atoms with Gasteiger partial charge in [0.1, 0.15) is 0 Å². The molecular weight excluding hydrogens is 306 g/mol. The minimum Gasteiger partial charge on any atom is -0.379 e. The van der Waals surface area contributed by atoms with Gasteiger partial charge in [0, 0.05) is 45.0 Å². The fourth-order valence-electron chi connectivity index (χ4n) is 3.55. The van der Waals surface area contributed by atoms with Gasteiger partial charge in [-0.05, 0) is 38.0 Å². The van der Waals surface area contributed by atoms with Crippen LogP contribution in [0.15, 0.2) is 17.1 Å². The summed E-state index contributed by atoms with van der Waals surface area (Å²) in [5.74, 6) is 2.05. The topological polar surface area (TPSA) is 28.1 Å². The second kappa shape index (κ2) is 9.70.